The molecule has 1 amide bonds. The van der Waals surface area contributed by atoms with E-state index in [0.29, 0.717) is 30.7 Å². The van der Waals surface area contributed by atoms with E-state index < -0.39 is 0 Å². The van der Waals surface area contributed by atoms with Gasteiger partial charge in [-0.05, 0) is 36.0 Å². The molecule has 1 aliphatic rings. The van der Waals surface area contributed by atoms with Crippen molar-refractivity contribution in [2.24, 2.45) is 10.9 Å². The van der Waals surface area contributed by atoms with Gasteiger partial charge >= 0.3 is 0 Å². The number of carbonyl (C=O) groups is 1. The highest BCUT2D eigenvalue weighted by Gasteiger charge is 2.28. The number of benzene rings is 1. The summed E-state index contributed by atoms with van der Waals surface area (Å²) < 4.78 is 5.08. The van der Waals surface area contributed by atoms with E-state index in [1.807, 2.05) is 0 Å². The predicted octanol–water partition coefficient (Wildman–Crippen LogP) is 3.33. The lowest BCUT2D eigenvalue weighted by Crippen LogP contribution is -2.49. The first-order valence-electron chi connectivity index (χ1n) is 9.51. The monoisotopic (exact) mass is 496 g/mol. The van der Waals surface area contributed by atoms with Crippen LogP contribution in [0.15, 0.2) is 58.1 Å². The van der Waals surface area contributed by atoms with Crippen molar-refractivity contribution in [1.82, 2.24) is 15.5 Å². The van der Waals surface area contributed by atoms with Gasteiger partial charge < -0.3 is 20.0 Å². The zero-order valence-corrected chi connectivity index (χ0v) is 18.8. The van der Waals surface area contributed by atoms with E-state index in [1.165, 1.54) is 11.8 Å². The topological polar surface area (TPSA) is 69.9 Å². The summed E-state index contributed by atoms with van der Waals surface area (Å²) in [6.07, 6.45) is 2.61. The lowest BCUT2D eigenvalue weighted by atomic mass is 9.82. The van der Waals surface area contributed by atoms with E-state index in [4.69, 9.17) is 4.42 Å². The fraction of sp³-hybridized carbons (Fsp3) is 0.429. The third-order valence-corrected chi connectivity index (χ3v) is 5.08. The van der Waals surface area contributed by atoms with Gasteiger partial charge in [0.25, 0.3) is 5.91 Å². The van der Waals surface area contributed by atoms with Crippen molar-refractivity contribution in [3.63, 3.8) is 0 Å². The lowest BCUT2D eigenvalue weighted by Gasteiger charge is -2.39. The zero-order valence-electron chi connectivity index (χ0n) is 16.4. The minimum Gasteiger partial charge on any atom is -0.459 e. The van der Waals surface area contributed by atoms with Crippen LogP contribution in [-0.4, -0.2) is 50.0 Å². The Morgan fingerprint density at radius 2 is 1.93 bits per heavy atom. The molecule has 7 heteroatoms. The zero-order chi connectivity index (χ0) is 19.1. The van der Waals surface area contributed by atoms with Crippen molar-refractivity contribution >= 4 is 35.8 Å². The Labute approximate surface area is 183 Å². The average Bonchev–Trinajstić information content (AvgIpc) is 3.23. The maximum atomic E-state index is 11.9. The molecule has 6 nitrogen and oxygen atoms in total. The van der Waals surface area contributed by atoms with Gasteiger partial charge in [0.15, 0.2) is 11.7 Å². The molecule has 2 aromatic rings. The van der Waals surface area contributed by atoms with Gasteiger partial charge in [0.2, 0.25) is 0 Å². The van der Waals surface area contributed by atoms with Crippen LogP contribution in [0.4, 0.5) is 0 Å². The molecule has 28 heavy (non-hydrogen) atoms. The standard InChI is InChI=1S/C21H28N4O2.HI/c1-16-15-25(13-10-18(16)17-7-4-3-5-8-17)21(22-2)24-12-11-23-20(26)19-9-6-14-27-19;/h3-9,14,16,18H,10-13,15H2,1-2H3,(H,22,24)(H,23,26);1H. The summed E-state index contributed by atoms with van der Waals surface area (Å²) in [6.45, 7) is 5.38. The molecule has 2 N–H and O–H groups in total. The molecule has 1 fully saturated rings. The number of nitrogens with one attached hydrogen (secondary N) is 2. The number of likely N-dealkylation sites (tertiary alicyclic amines) is 1. The molecule has 1 aromatic heterocycles. The smallest absolute Gasteiger partial charge is 0.287 e. The van der Waals surface area contributed by atoms with Gasteiger partial charge in [-0.1, -0.05) is 37.3 Å². The number of hydrogen-bond acceptors (Lipinski definition) is 3. The SMILES string of the molecule is CN=C(NCCNC(=O)c1ccco1)N1CCC(c2ccccc2)C(C)C1.I. The molecule has 0 spiro atoms. The highest BCUT2D eigenvalue weighted by atomic mass is 127. The van der Waals surface area contributed by atoms with Gasteiger partial charge in [-0.2, -0.15) is 0 Å². The fourth-order valence-electron chi connectivity index (χ4n) is 3.71. The van der Waals surface area contributed by atoms with E-state index >= 15 is 0 Å². The minimum absolute atomic E-state index is 0. The molecular formula is C21H29IN4O2. The van der Waals surface area contributed by atoms with Crippen LogP contribution in [0.25, 0.3) is 0 Å². The number of hydrogen-bond donors (Lipinski definition) is 2. The summed E-state index contributed by atoms with van der Waals surface area (Å²) in [6, 6.07) is 14.1. The molecule has 2 atom stereocenters. The largest absolute Gasteiger partial charge is 0.459 e. The van der Waals surface area contributed by atoms with Crippen LogP contribution in [0.3, 0.4) is 0 Å². The van der Waals surface area contributed by atoms with Crippen LogP contribution in [0, 0.1) is 5.92 Å². The maximum Gasteiger partial charge on any atom is 0.287 e. The Morgan fingerprint density at radius 3 is 2.57 bits per heavy atom. The van der Waals surface area contributed by atoms with Crippen LogP contribution < -0.4 is 10.6 Å². The Morgan fingerprint density at radius 1 is 1.18 bits per heavy atom. The number of piperidine rings is 1. The van der Waals surface area contributed by atoms with Crippen molar-refractivity contribution in [2.45, 2.75) is 19.3 Å². The first-order chi connectivity index (χ1) is 13.2. The highest BCUT2D eigenvalue weighted by Crippen LogP contribution is 2.32. The summed E-state index contributed by atoms with van der Waals surface area (Å²) >= 11 is 0. The number of carbonyl (C=O) groups excluding carboxylic acids is 1. The number of amides is 1. The van der Waals surface area contributed by atoms with Crippen molar-refractivity contribution in [1.29, 1.82) is 0 Å². The highest BCUT2D eigenvalue weighted by molar-refractivity contribution is 14.0. The maximum absolute atomic E-state index is 11.9. The Bertz CT molecular complexity index is 749. The van der Waals surface area contributed by atoms with Crippen LogP contribution >= 0.6 is 24.0 Å². The molecule has 2 heterocycles. The molecule has 0 aliphatic carbocycles. The molecule has 0 bridgehead atoms. The molecule has 152 valence electrons. The van der Waals surface area contributed by atoms with E-state index in [9.17, 15) is 4.79 Å². The van der Waals surface area contributed by atoms with Gasteiger partial charge in [0, 0.05) is 33.2 Å². The number of nitrogens with zero attached hydrogens (tertiary/aromatic N) is 2. The quantitative estimate of drug-likeness (QED) is 0.289. The summed E-state index contributed by atoms with van der Waals surface area (Å²) in [5.41, 5.74) is 1.42. The van der Waals surface area contributed by atoms with Crippen LogP contribution in [-0.2, 0) is 0 Å². The molecule has 3 rings (SSSR count). The van der Waals surface area contributed by atoms with Crippen molar-refractivity contribution in [3.8, 4) is 0 Å². The van der Waals surface area contributed by atoms with Crippen LogP contribution in [0.2, 0.25) is 0 Å². The molecule has 0 saturated carbocycles. The summed E-state index contributed by atoms with van der Waals surface area (Å²) in [5, 5.41) is 6.18. The predicted molar refractivity (Wildman–Crippen MR) is 122 cm³/mol. The lowest BCUT2D eigenvalue weighted by molar-refractivity contribution is 0.0926. The fourth-order valence-corrected chi connectivity index (χ4v) is 3.71. The first-order valence-corrected chi connectivity index (χ1v) is 9.51. The van der Waals surface area contributed by atoms with Gasteiger partial charge in [0.05, 0.1) is 6.26 Å². The van der Waals surface area contributed by atoms with Crippen LogP contribution in [0.1, 0.15) is 35.4 Å². The Balaban J connectivity index is 0.00000280. The second-order valence-corrected chi connectivity index (χ2v) is 6.94. The van der Waals surface area contributed by atoms with Gasteiger partial charge in [-0.3, -0.25) is 9.79 Å². The van der Waals surface area contributed by atoms with Crippen LogP contribution in [0.5, 0.6) is 0 Å². The molecular weight excluding hydrogens is 467 g/mol. The molecule has 1 aliphatic heterocycles. The number of rotatable bonds is 5. The van der Waals surface area contributed by atoms with E-state index in [-0.39, 0.29) is 29.9 Å². The number of aliphatic imine (C=N–C) groups is 1. The number of furan rings is 1. The first kappa shape index (κ1) is 22.3. The van der Waals surface area contributed by atoms with E-state index in [2.05, 4.69) is 57.8 Å². The average molecular weight is 496 g/mol. The molecule has 1 saturated heterocycles. The molecule has 1 aromatic carbocycles. The molecule has 0 radical (unpaired) electrons. The third-order valence-electron chi connectivity index (χ3n) is 5.08. The van der Waals surface area contributed by atoms with Crippen molar-refractivity contribution < 1.29 is 9.21 Å². The van der Waals surface area contributed by atoms with Gasteiger partial charge in [-0.15, -0.1) is 24.0 Å². The normalized spacial score (nSPS) is 19.6. The van der Waals surface area contributed by atoms with E-state index in [0.717, 1.165) is 25.5 Å². The number of halogens is 1. The van der Waals surface area contributed by atoms with Crippen molar-refractivity contribution in [2.75, 3.05) is 33.2 Å². The molecule has 2 unspecified atom stereocenters. The Kier molecular flexibility index (Phi) is 8.82. The third kappa shape index (κ3) is 5.73. The van der Waals surface area contributed by atoms with Gasteiger partial charge in [0.1, 0.15) is 0 Å². The minimum atomic E-state index is -0.200. The summed E-state index contributed by atoms with van der Waals surface area (Å²) in [4.78, 5) is 18.6. The Hall–Kier alpha value is -2.03. The van der Waals surface area contributed by atoms with E-state index in [1.54, 1.807) is 19.2 Å². The second-order valence-electron chi connectivity index (χ2n) is 6.94. The summed E-state index contributed by atoms with van der Waals surface area (Å²) in [5.74, 6) is 2.16. The second kappa shape index (κ2) is 11.1. The van der Waals surface area contributed by atoms with Gasteiger partial charge in [-0.25, -0.2) is 0 Å². The summed E-state index contributed by atoms with van der Waals surface area (Å²) in [7, 11) is 1.80. The number of guanidine groups is 1. The van der Waals surface area contributed by atoms with Crippen molar-refractivity contribution in [3.05, 3.63) is 60.1 Å².